The molecule has 0 atom stereocenters. The summed E-state index contributed by atoms with van der Waals surface area (Å²) in [7, 11) is 3.53. The first-order chi connectivity index (χ1) is 17.7. The normalized spacial score (nSPS) is 10.1. The van der Waals surface area contributed by atoms with Crippen molar-refractivity contribution in [3.05, 3.63) is 88.2 Å². The molecule has 1 aromatic heterocycles. The second-order valence-corrected chi connectivity index (χ2v) is 8.58. The molecule has 0 bridgehead atoms. The lowest BCUT2D eigenvalue weighted by Gasteiger charge is -2.15. The van der Waals surface area contributed by atoms with E-state index in [0.29, 0.717) is 27.7 Å². The van der Waals surface area contributed by atoms with Crippen molar-refractivity contribution in [3.63, 3.8) is 0 Å². The number of aromatic nitrogens is 1. The van der Waals surface area contributed by atoms with Crippen LogP contribution in [0.1, 0.15) is 46.3 Å². The molecule has 0 saturated heterocycles. The highest BCUT2D eigenvalue weighted by atomic mass is 35.5. The lowest BCUT2D eigenvalue weighted by Crippen LogP contribution is -2.22. The maximum Gasteiger partial charge on any atom is 0.344 e. The molecule has 0 saturated carbocycles. The van der Waals surface area contributed by atoms with E-state index in [1.807, 2.05) is 0 Å². The molecule has 2 N–H and O–H groups in total. The Balaban J connectivity index is 0.00000507. The van der Waals surface area contributed by atoms with Crippen molar-refractivity contribution < 1.29 is 23.9 Å². The van der Waals surface area contributed by atoms with Crippen molar-refractivity contribution in [1.82, 2.24) is 9.88 Å². The van der Waals surface area contributed by atoms with Crippen LogP contribution in [-0.4, -0.2) is 60.7 Å². The van der Waals surface area contributed by atoms with Gasteiger partial charge < -0.3 is 19.7 Å². The maximum absolute atomic E-state index is 13.2. The monoisotopic (exact) mass is 538 g/mol. The summed E-state index contributed by atoms with van der Waals surface area (Å²) in [6, 6.07) is 14.4. The molecular formula is C28H31ClN4O5. The topological polar surface area (TPSA) is 122 Å². The van der Waals surface area contributed by atoms with Crippen LogP contribution in [0.4, 0.5) is 5.69 Å². The number of anilines is 1. The van der Waals surface area contributed by atoms with E-state index < -0.39 is 11.9 Å². The summed E-state index contributed by atoms with van der Waals surface area (Å²) in [6.45, 7) is 1.60. The number of carbonyl (C=O) groups excluding carboxylic acids is 3. The number of ether oxygens (including phenoxy) is 2. The van der Waals surface area contributed by atoms with E-state index >= 15 is 0 Å². The van der Waals surface area contributed by atoms with Gasteiger partial charge in [0.25, 0.3) is 5.91 Å². The van der Waals surface area contributed by atoms with Crippen LogP contribution in [0, 0.1) is 5.41 Å². The van der Waals surface area contributed by atoms with E-state index in [0.717, 1.165) is 0 Å². The number of amidine groups is 1. The average molecular weight is 539 g/mol. The SMILES string of the molecule is C.CCOC(=O)COc1ccc(NC(=O)c2ccc(C(=N)N(C)C)cc2)c(C(=O)Cc2ccc(Cl)cn2)c1. The van der Waals surface area contributed by atoms with E-state index in [1.165, 1.54) is 18.3 Å². The summed E-state index contributed by atoms with van der Waals surface area (Å²) >= 11 is 5.89. The smallest absolute Gasteiger partial charge is 0.344 e. The first-order valence-corrected chi connectivity index (χ1v) is 11.8. The first-order valence-electron chi connectivity index (χ1n) is 11.4. The number of nitrogens with one attached hydrogen (secondary N) is 2. The predicted molar refractivity (Wildman–Crippen MR) is 147 cm³/mol. The van der Waals surface area contributed by atoms with Gasteiger partial charge in [-0.25, -0.2) is 4.79 Å². The molecule has 0 radical (unpaired) electrons. The molecule has 0 fully saturated rings. The van der Waals surface area contributed by atoms with Crippen LogP contribution in [0.2, 0.25) is 5.02 Å². The summed E-state index contributed by atoms with van der Waals surface area (Å²) in [6.07, 6.45) is 1.41. The van der Waals surface area contributed by atoms with E-state index in [9.17, 15) is 14.4 Å². The fourth-order valence-corrected chi connectivity index (χ4v) is 3.41. The highest BCUT2D eigenvalue weighted by Crippen LogP contribution is 2.25. The molecular weight excluding hydrogens is 508 g/mol. The second-order valence-electron chi connectivity index (χ2n) is 8.14. The van der Waals surface area contributed by atoms with Gasteiger partial charge in [0.05, 0.1) is 23.7 Å². The van der Waals surface area contributed by atoms with E-state index in [1.54, 1.807) is 68.4 Å². The van der Waals surface area contributed by atoms with Gasteiger partial charge in [0.2, 0.25) is 0 Å². The van der Waals surface area contributed by atoms with Crippen molar-refractivity contribution in [2.45, 2.75) is 20.8 Å². The minimum atomic E-state index is -0.538. The Morgan fingerprint density at radius 1 is 1.03 bits per heavy atom. The standard InChI is InChI=1S/C27H27ClN4O5.CH4/c1-4-36-25(34)16-37-21-11-12-23(22(14-21)24(33)13-20-10-9-19(28)15-30-20)31-27(35)18-7-5-17(6-8-18)26(29)32(2)3;/h5-12,14-15,29H,4,13,16H2,1-3H3,(H,31,35);1H4. The number of halogens is 1. The molecule has 200 valence electrons. The van der Waals surface area contributed by atoms with Crippen LogP contribution in [0.25, 0.3) is 0 Å². The van der Waals surface area contributed by atoms with Gasteiger partial charge in [-0.2, -0.15) is 0 Å². The summed E-state index contributed by atoms with van der Waals surface area (Å²) in [5, 5.41) is 11.3. The summed E-state index contributed by atoms with van der Waals surface area (Å²) in [4.78, 5) is 43.7. The molecule has 3 rings (SSSR count). The number of pyridine rings is 1. The first kappa shape index (κ1) is 30.0. The summed E-state index contributed by atoms with van der Waals surface area (Å²) in [5.74, 6) is -0.703. The van der Waals surface area contributed by atoms with Crippen LogP contribution in [0.15, 0.2) is 60.8 Å². The Kier molecular flexibility index (Phi) is 11.0. The molecule has 1 amide bonds. The third-order valence-electron chi connectivity index (χ3n) is 5.20. The van der Waals surface area contributed by atoms with Crippen LogP contribution >= 0.6 is 11.6 Å². The highest BCUT2D eigenvalue weighted by Gasteiger charge is 2.18. The number of carbonyl (C=O) groups is 3. The van der Waals surface area contributed by atoms with Crippen molar-refractivity contribution in [1.29, 1.82) is 5.41 Å². The second kappa shape index (κ2) is 13.9. The number of hydrogen-bond acceptors (Lipinski definition) is 7. The predicted octanol–water partition coefficient (Wildman–Crippen LogP) is 4.88. The molecule has 3 aromatic rings. The zero-order chi connectivity index (χ0) is 26.9. The third-order valence-corrected chi connectivity index (χ3v) is 5.42. The van der Waals surface area contributed by atoms with Gasteiger partial charge in [0.1, 0.15) is 11.6 Å². The quantitative estimate of drug-likeness (QED) is 0.163. The van der Waals surface area contributed by atoms with Crippen LogP contribution in [-0.2, 0) is 16.0 Å². The Morgan fingerprint density at radius 2 is 1.71 bits per heavy atom. The number of rotatable bonds is 10. The van der Waals surface area contributed by atoms with Gasteiger partial charge in [-0.15, -0.1) is 0 Å². The van der Waals surface area contributed by atoms with Crippen molar-refractivity contribution in [2.75, 3.05) is 32.6 Å². The number of Topliss-reactive ketones (excluding diaryl/α,β-unsaturated/α-hetero) is 1. The molecule has 2 aromatic carbocycles. The number of amides is 1. The minimum absolute atomic E-state index is 0. The Morgan fingerprint density at radius 3 is 2.32 bits per heavy atom. The van der Waals surface area contributed by atoms with E-state index in [4.69, 9.17) is 26.5 Å². The third kappa shape index (κ3) is 8.14. The van der Waals surface area contributed by atoms with E-state index in [2.05, 4.69) is 10.3 Å². The van der Waals surface area contributed by atoms with Crippen LogP contribution < -0.4 is 10.1 Å². The van der Waals surface area contributed by atoms with Gasteiger partial charge in [0.15, 0.2) is 12.4 Å². The van der Waals surface area contributed by atoms with Gasteiger partial charge in [-0.1, -0.05) is 31.2 Å². The number of benzene rings is 2. The molecule has 1 heterocycles. The molecule has 9 nitrogen and oxygen atoms in total. The Bertz CT molecular complexity index is 1290. The van der Waals surface area contributed by atoms with Crippen molar-refractivity contribution in [2.24, 2.45) is 0 Å². The number of esters is 1. The van der Waals surface area contributed by atoms with Crippen LogP contribution in [0.3, 0.4) is 0 Å². The molecule has 0 aliphatic carbocycles. The fourth-order valence-electron chi connectivity index (χ4n) is 3.30. The van der Waals surface area contributed by atoms with Crippen molar-refractivity contribution in [3.8, 4) is 5.75 Å². The summed E-state index contributed by atoms with van der Waals surface area (Å²) < 4.78 is 10.3. The van der Waals surface area contributed by atoms with Gasteiger partial charge in [0, 0.05) is 42.7 Å². The average Bonchev–Trinajstić information content (AvgIpc) is 2.89. The zero-order valence-corrected chi connectivity index (χ0v) is 21.5. The fraction of sp³-hybridized carbons (Fsp3) is 0.250. The summed E-state index contributed by atoms with van der Waals surface area (Å²) in [5.41, 5.74) is 1.99. The molecule has 0 aliphatic rings. The number of ketones is 1. The molecule has 38 heavy (non-hydrogen) atoms. The van der Waals surface area contributed by atoms with Gasteiger partial charge >= 0.3 is 5.97 Å². The molecule has 0 unspecified atom stereocenters. The zero-order valence-electron chi connectivity index (χ0n) is 20.7. The molecule has 0 spiro atoms. The lowest BCUT2D eigenvalue weighted by molar-refractivity contribution is -0.145. The maximum atomic E-state index is 13.2. The largest absolute Gasteiger partial charge is 0.482 e. The molecule has 0 aliphatic heterocycles. The molecule has 10 heteroatoms. The van der Waals surface area contributed by atoms with Crippen molar-refractivity contribution >= 4 is 40.8 Å². The van der Waals surface area contributed by atoms with E-state index in [-0.39, 0.29) is 49.8 Å². The lowest BCUT2D eigenvalue weighted by atomic mass is 10.0. The number of hydrogen-bond donors (Lipinski definition) is 2. The Labute approximate surface area is 227 Å². The van der Waals surface area contributed by atoms with Gasteiger partial charge in [-0.05, 0) is 49.4 Å². The van der Waals surface area contributed by atoms with Crippen LogP contribution in [0.5, 0.6) is 5.75 Å². The minimum Gasteiger partial charge on any atom is -0.482 e. The van der Waals surface area contributed by atoms with Gasteiger partial charge in [-0.3, -0.25) is 20.0 Å². The Hall–Kier alpha value is -4.24. The number of nitrogens with zero attached hydrogens (tertiary/aromatic N) is 2. The highest BCUT2D eigenvalue weighted by molar-refractivity contribution is 6.30.